The van der Waals surface area contributed by atoms with Gasteiger partial charge in [0.2, 0.25) is 5.91 Å². The minimum atomic E-state index is -0.239. The van der Waals surface area contributed by atoms with E-state index in [2.05, 4.69) is 0 Å². The Balaban J connectivity index is 2.79. The molecule has 2 N–H and O–H groups in total. The van der Waals surface area contributed by atoms with Crippen molar-refractivity contribution >= 4 is 5.91 Å². The second-order valence-electron chi connectivity index (χ2n) is 3.39. The fraction of sp³-hybridized carbons (Fsp3) is 0.364. The highest BCUT2D eigenvalue weighted by Crippen LogP contribution is 2.22. The summed E-state index contributed by atoms with van der Waals surface area (Å²) in [6, 6.07) is 9.94. The average Bonchev–Trinajstić information content (AvgIpc) is 2.17. The molecule has 0 radical (unpaired) electrons. The van der Waals surface area contributed by atoms with Crippen LogP contribution in [0.4, 0.5) is 0 Å². The third-order valence-electron chi connectivity index (χ3n) is 2.52. The van der Waals surface area contributed by atoms with Crippen molar-refractivity contribution in [3.8, 4) is 0 Å². The average molecular weight is 177 g/mol. The summed E-state index contributed by atoms with van der Waals surface area (Å²) in [5.41, 5.74) is 6.40. The molecular weight excluding hydrogens is 162 g/mol. The van der Waals surface area contributed by atoms with Crippen LogP contribution in [-0.2, 0) is 4.79 Å². The molecule has 0 spiro atoms. The van der Waals surface area contributed by atoms with Crippen molar-refractivity contribution in [2.45, 2.75) is 19.8 Å². The molecule has 0 fully saturated rings. The predicted octanol–water partition coefficient (Wildman–Crippen LogP) is 1.91. The van der Waals surface area contributed by atoms with Gasteiger partial charge in [0.05, 0.1) is 0 Å². The molecule has 1 amide bonds. The van der Waals surface area contributed by atoms with E-state index in [1.54, 1.807) is 0 Å². The quantitative estimate of drug-likeness (QED) is 0.753. The minimum absolute atomic E-state index is 0.109. The van der Waals surface area contributed by atoms with Crippen molar-refractivity contribution in [3.63, 3.8) is 0 Å². The molecule has 1 unspecified atom stereocenters. The summed E-state index contributed by atoms with van der Waals surface area (Å²) in [5.74, 6) is -0.155. The molecular formula is C11H15NO. The molecule has 2 nitrogen and oxygen atoms in total. The first kappa shape index (κ1) is 9.78. The molecule has 0 aliphatic heterocycles. The van der Waals surface area contributed by atoms with Gasteiger partial charge in [-0.15, -0.1) is 0 Å². The summed E-state index contributed by atoms with van der Waals surface area (Å²) in [7, 11) is 0. The Labute approximate surface area is 78.8 Å². The third-order valence-corrected chi connectivity index (χ3v) is 2.52. The molecule has 0 bridgehead atoms. The van der Waals surface area contributed by atoms with E-state index in [0.29, 0.717) is 0 Å². The maximum Gasteiger partial charge on any atom is 0.220 e. The molecule has 1 rings (SSSR count). The highest BCUT2D eigenvalue weighted by molar-refractivity contribution is 5.77. The smallest absolute Gasteiger partial charge is 0.220 e. The largest absolute Gasteiger partial charge is 0.369 e. The van der Waals surface area contributed by atoms with Crippen LogP contribution < -0.4 is 5.73 Å². The van der Waals surface area contributed by atoms with Crippen LogP contribution in [0.1, 0.15) is 25.3 Å². The summed E-state index contributed by atoms with van der Waals surface area (Å²) in [4.78, 5) is 10.9. The van der Waals surface area contributed by atoms with Gasteiger partial charge in [0, 0.05) is 5.92 Å². The van der Waals surface area contributed by atoms with E-state index in [-0.39, 0.29) is 17.7 Å². The second kappa shape index (κ2) is 4.08. The zero-order valence-corrected chi connectivity index (χ0v) is 8.03. The Hall–Kier alpha value is -1.31. The van der Waals surface area contributed by atoms with Crippen molar-refractivity contribution in [2.24, 2.45) is 11.7 Å². The number of hydrogen-bond acceptors (Lipinski definition) is 1. The maximum atomic E-state index is 10.9. The molecule has 70 valence electrons. The molecule has 0 aliphatic carbocycles. The topological polar surface area (TPSA) is 43.1 Å². The van der Waals surface area contributed by atoms with Crippen LogP contribution in [0.25, 0.3) is 0 Å². The van der Waals surface area contributed by atoms with Crippen molar-refractivity contribution in [1.82, 2.24) is 0 Å². The van der Waals surface area contributed by atoms with Gasteiger partial charge in [-0.05, 0) is 11.5 Å². The Morgan fingerprint density at radius 1 is 1.23 bits per heavy atom. The molecule has 1 aromatic rings. The van der Waals surface area contributed by atoms with Crippen molar-refractivity contribution in [1.29, 1.82) is 0 Å². The minimum Gasteiger partial charge on any atom is -0.369 e. The van der Waals surface area contributed by atoms with Crippen LogP contribution in [0.3, 0.4) is 0 Å². The molecule has 0 aromatic heterocycles. The van der Waals surface area contributed by atoms with E-state index in [1.165, 1.54) is 0 Å². The van der Waals surface area contributed by atoms with Gasteiger partial charge >= 0.3 is 0 Å². The van der Waals surface area contributed by atoms with Crippen LogP contribution in [0.15, 0.2) is 30.3 Å². The van der Waals surface area contributed by atoms with Gasteiger partial charge < -0.3 is 5.73 Å². The molecule has 13 heavy (non-hydrogen) atoms. The summed E-state index contributed by atoms with van der Waals surface area (Å²) in [6.45, 7) is 3.88. The first-order valence-electron chi connectivity index (χ1n) is 4.47. The number of carbonyl (C=O) groups excluding carboxylic acids is 1. The summed E-state index contributed by atoms with van der Waals surface area (Å²) in [6.07, 6.45) is 0. The Bertz CT molecular complexity index is 281. The predicted molar refractivity (Wildman–Crippen MR) is 53.2 cm³/mol. The fourth-order valence-electron chi connectivity index (χ4n) is 1.29. The zero-order valence-electron chi connectivity index (χ0n) is 8.03. The Kier molecular flexibility index (Phi) is 3.07. The Morgan fingerprint density at radius 3 is 2.23 bits per heavy atom. The number of nitrogens with two attached hydrogens (primary N) is 1. The lowest BCUT2D eigenvalue weighted by Gasteiger charge is -2.16. The van der Waals surface area contributed by atoms with E-state index < -0.39 is 0 Å². The number of amides is 1. The molecule has 2 heteroatoms. The normalized spacial score (nSPS) is 14.9. The van der Waals surface area contributed by atoms with Crippen LogP contribution in [0.5, 0.6) is 0 Å². The van der Waals surface area contributed by atoms with E-state index in [1.807, 2.05) is 44.2 Å². The summed E-state index contributed by atoms with van der Waals surface area (Å²) in [5, 5.41) is 0. The first-order chi connectivity index (χ1) is 6.13. The van der Waals surface area contributed by atoms with Crippen LogP contribution in [0.2, 0.25) is 0 Å². The number of carbonyl (C=O) groups is 1. The van der Waals surface area contributed by atoms with Gasteiger partial charge in [0.15, 0.2) is 0 Å². The number of primary amides is 1. The van der Waals surface area contributed by atoms with Gasteiger partial charge in [0.1, 0.15) is 0 Å². The third kappa shape index (κ3) is 2.31. The molecule has 0 saturated heterocycles. The molecule has 0 heterocycles. The van der Waals surface area contributed by atoms with E-state index in [4.69, 9.17) is 5.73 Å². The number of rotatable bonds is 3. The van der Waals surface area contributed by atoms with E-state index >= 15 is 0 Å². The highest BCUT2D eigenvalue weighted by Gasteiger charge is 2.18. The lowest BCUT2D eigenvalue weighted by Crippen LogP contribution is -2.24. The maximum absolute atomic E-state index is 10.9. The lowest BCUT2D eigenvalue weighted by atomic mass is 9.89. The molecule has 0 saturated carbocycles. The standard InChI is InChI=1S/C11H15NO/c1-8(9(2)11(12)13)10-6-4-3-5-7-10/h3-9H,1-2H3,(H2,12,13)/t8-,9?/m0/s1. The van der Waals surface area contributed by atoms with Crippen LogP contribution in [0, 0.1) is 5.92 Å². The van der Waals surface area contributed by atoms with Crippen molar-refractivity contribution in [3.05, 3.63) is 35.9 Å². The van der Waals surface area contributed by atoms with Gasteiger partial charge in [-0.1, -0.05) is 44.2 Å². The zero-order chi connectivity index (χ0) is 9.84. The lowest BCUT2D eigenvalue weighted by molar-refractivity contribution is -0.121. The van der Waals surface area contributed by atoms with Crippen molar-refractivity contribution < 1.29 is 4.79 Å². The molecule has 1 aromatic carbocycles. The van der Waals surface area contributed by atoms with Gasteiger partial charge in [0.25, 0.3) is 0 Å². The van der Waals surface area contributed by atoms with Crippen LogP contribution >= 0.6 is 0 Å². The van der Waals surface area contributed by atoms with E-state index in [9.17, 15) is 4.79 Å². The van der Waals surface area contributed by atoms with Gasteiger partial charge in [-0.3, -0.25) is 4.79 Å². The second-order valence-corrected chi connectivity index (χ2v) is 3.39. The number of hydrogen-bond donors (Lipinski definition) is 1. The van der Waals surface area contributed by atoms with Gasteiger partial charge in [-0.25, -0.2) is 0 Å². The van der Waals surface area contributed by atoms with Crippen LogP contribution in [-0.4, -0.2) is 5.91 Å². The summed E-state index contributed by atoms with van der Waals surface area (Å²) < 4.78 is 0. The monoisotopic (exact) mass is 177 g/mol. The van der Waals surface area contributed by atoms with Gasteiger partial charge in [-0.2, -0.15) is 0 Å². The highest BCUT2D eigenvalue weighted by atomic mass is 16.1. The fourth-order valence-corrected chi connectivity index (χ4v) is 1.29. The summed E-state index contributed by atoms with van der Waals surface area (Å²) >= 11 is 0. The number of benzene rings is 1. The molecule has 2 atom stereocenters. The van der Waals surface area contributed by atoms with E-state index in [0.717, 1.165) is 5.56 Å². The Morgan fingerprint density at radius 2 is 1.77 bits per heavy atom. The first-order valence-corrected chi connectivity index (χ1v) is 4.47. The SMILES string of the molecule is CC(C(N)=O)[C@H](C)c1ccccc1. The van der Waals surface area contributed by atoms with Crippen molar-refractivity contribution in [2.75, 3.05) is 0 Å². The molecule has 0 aliphatic rings.